The predicted octanol–water partition coefficient (Wildman–Crippen LogP) is 1.15. The molecule has 0 bridgehead atoms. The summed E-state index contributed by atoms with van der Waals surface area (Å²) in [6.07, 6.45) is 6.19. The van der Waals surface area contributed by atoms with Crippen molar-refractivity contribution >= 4 is 11.8 Å². The quantitative estimate of drug-likeness (QED) is 0.766. The molecule has 1 aromatic rings. The van der Waals surface area contributed by atoms with Crippen molar-refractivity contribution in [3.63, 3.8) is 0 Å². The van der Waals surface area contributed by atoms with E-state index in [-0.39, 0.29) is 23.1 Å². The maximum Gasteiger partial charge on any atom is 0.356 e. The first kappa shape index (κ1) is 15.2. The van der Waals surface area contributed by atoms with Crippen LogP contribution >= 0.6 is 0 Å². The first-order chi connectivity index (χ1) is 10.6. The first-order valence-corrected chi connectivity index (χ1v) is 7.66. The number of aromatic carboxylic acids is 1. The summed E-state index contributed by atoms with van der Waals surface area (Å²) in [7, 11) is 0. The molecule has 120 valence electrons. The van der Waals surface area contributed by atoms with Crippen molar-refractivity contribution in [1.29, 1.82) is 0 Å². The maximum absolute atomic E-state index is 10.7. The highest BCUT2D eigenvalue weighted by molar-refractivity contribution is 5.84. The highest BCUT2D eigenvalue weighted by Gasteiger charge is 2.47. The molecule has 1 spiro atoms. The molecule has 22 heavy (non-hydrogen) atoms. The van der Waals surface area contributed by atoms with Crippen molar-refractivity contribution in [2.24, 2.45) is 11.3 Å². The lowest BCUT2D eigenvalue weighted by molar-refractivity contribution is -0.0545. The van der Waals surface area contributed by atoms with Gasteiger partial charge in [0.15, 0.2) is 5.69 Å². The molecule has 2 atom stereocenters. The van der Waals surface area contributed by atoms with Crippen molar-refractivity contribution in [1.82, 2.24) is 9.97 Å². The molecule has 0 amide bonds. The molecule has 1 aliphatic heterocycles. The van der Waals surface area contributed by atoms with Gasteiger partial charge in [-0.05, 0) is 25.7 Å². The number of rotatable bonds is 4. The lowest BCUT2D eigenvalue weighted by atomic mass is 9.76. The third-order valence-corrected chi connectivity index (χ3v) is 4.99. The molecule has 2 fully saturated rings. The largest absolute Gasteiger partial charge is 0.476 e. The molecule has 7 nitrogen and oxygen atoms in total. The third-order valence-electron chi connectivity index (χ3n) is 4.99. The van der Waals surface area contributed by atoms with Gasteiger partial charge in [0.25, 0.3) is 0 Å². The zero-order valence-corrected chi connectivity index (χ0v) is 12.4. The zero-order chi connectivity index (χ0) is 15.6. The minimum absolute atomic E-state index is 0.0173. The number of carbonyl (C=O) groups is 1. The van der Waals surface area contributed by atoms with Gasteiger partial charge < -0.3 is 20.3 Å². The molecule has 1 aliphatic carbocycles. The molecule has 2 unspecified atom stereocenters. The van der Waals surface area contributed by atoms with Crippen LogP contribution in [0.2, 0.25) is 0 Å². The first-order valence-electron chi connectivity index (χ1n) is 7.66. The topological polar surface area (TPSA) is 105 Å². The Morgan fingerprint density at radius 2 is 2.09 bits per heavy atom. The molecule has 3 rings (SSSR count). The van der Waals surface area contributed by atoms with Crippen LogP contribution in [-0.4, -0.2) is 52.0 Å². The number of aromatic nitrogens is 2. The van der Waals surface area contributed by atoms with Gasteiger partial charge in [-0.2, -0.15) is 0 Å². The van der Waals surface area contributed by atoms with E-state index in [2.05, 4.69) is 15.3 Å². The minimum atomic E-state index is -1.09. The van der Waals surface area contributed by atoms with Crippen LogP contribution in [0.1, 0.15) is 36.2 Å². The van der Waals surface area contributed by atoms with Crippen LogP contribution in [0.3, 0.4) is 0 Å². The van der Waals surface area contributed by atoms with E-state index in [1.165, 1.54) is 12.4 Å². The van der Waals surface area contributed by atoms with Crippen molar-refractivity contribution < 1.29 is 19.7 Å². The SMILES string of the molecule is O=C(O)c1cnc(NCC2CCC3(CCOCC3)C2O)cn1. The molecule has 1 saturated carbocycles. The van der Waals surface area contributed by atoms with Gasteiger partial charge in [0.1, 0.15) is 5.82 Å². The molecule has 0 aromatic carbocycles. The number of aliphatic hydroxyl groups excluding tert-OH is 1. The lowest BCUT2D eigenvalue weighted by Gasteiger charge is -2.37. The Morgan fingerprint density at radius 1 is 1.32 bits per heavy atom. The number of anilines is 1. The molecule has 2 aliphatic rings. The van der Waals surface area contributed by atoms with Crippen molar-refractivity contribution in [3.8, 4) is 0 Å². The van der Waals surface area contributed by atoms with E-state index < -0.39 is 5.97 Å². The molecule has 2 heterocycles. The predicted molar refractivity (Wildman–Crippen MR) is 78.7 cm³/mol. The van der Waals surface area contributed by atoms with Crippen LogP contribution in [0, 0.1) is 11.3 Å². The Balaban J connectivity index is 1.56. The molecule has 7 heteroatoms. The highest BCUT2D eigenvalue weighted by Crippen LogP contribution is 2.48. The Morgan fingerprint density at radius 3 is 2.73 bits per heavy atom. The van der Waals surface area contributed by atoms with Gasteiger partial charge in [-0.3, -0.25) is 0 Å². The number of aliphatic hydroxyl groups is 1. The second-order valence-corrected chi connectivity index (χ2v) is 6.19. The molecular formula is C15H21N3O4. The second kappa shape index (κ2) is 6.18. The normalized spacial score (nSPS) is 27.0. The second-order valence-electron chi connectivity index (χ2n) is 6.19. The highest BCUT2D eigenvalue weighted by atomic mass is 16.5. The Hall–Kier alpha value is -1.73. The number of hydrogen-bond donors (Lipinski definition) is 3. The summed E-state index contributed by atoms with van der Waals surface area (Å²) >= 11 is 0. The molecule has 1 aromatic heterocycles. The van der Waals surface area contributed by atoms with Crippen molar-refractivity contribution in [2.75, 3.05) is 25.1 Å². The Bertz CT molecular complexity index is 528. The number of carboxylic acid groups (broad SMARTS) is 1. The summed E-state index contributed by atoms with van der Waals surface area (Å²) in [5, 5.41) is 22.6. The zero-order valence-electron chi connectivity index (χ0n) is 12.4. The molecule has 1 saturated heterocycles. The van der Waals surface area contributed by atoms with Gasteiger partial charge >= 0.3 is 5.97 Å². The van der Waals surface area contributed by atoms with Gasteiger partial charge in [-0.25, -0.2) is 14.8 Å². The van der Waals surface area contributed by atoms with Crippen LogP contribution in [0.25, 0.3) is 0 Å². The van der Waals surface area contributed by atoms with E-state index in [0.717, 1.165) is 38.9 Å². The minimum Gasteiger partial charge on any atom is -0.476 e. The van der Waals surface area contributed by atoms with E-state index in [4.69, 9.17) is 9.84 Å². The number of nitrogens with zero attached hydrogens (tertiary/aromatic N) is 2. The van der Waals surface area contributed by atoms with Crippen molar-refractivity contribution in [2.45, 2.75) is 31.8 Å². The van der Waals surface area contributed by atoms with E-state index in [0.29, 0.717) is 12.4 Å². The van der Waals surface area contributed by atoms with Crippen LogP contribution in [0.4, 0.5) is 5.82 Å². The summed E-state index contributed by atoms with van der Waals surface area (Å²) in [4.78, 5) is 18.6. The fraction of sp³-hybridized carbons (Fsp3) is 0.667. The smallest absolute Gasteiger partial charge is 0.356 e. The van der Waals surface area contributed by atoms with E-state index in [9.17, 15) is 9.90 Å². The molecular weight excluding hydrogens is 286 g/mol. The summed E-state index contributed by atoms with van der Waals surface area (Å²) < 4.78 is 5.41. The van der Waals surface area contributed by atoms with E-state index in [1.807, 2.05) is 0 Å². The van der Waals surface area contributed by atoms with Gasteiger partial charge in [-0.1, -0.05) is 0 Å². The van der Waals surface area contributed by atoms with Crippen LogP contribution in [0.5, 0.6) is 0 Å². The van der Waals surface area contributed by atoms with Gasteiger partial charge in [0.05, 0.1) is 18.5 Å². The fourth-order valence-corrected chi connectivity index (χ4v) is 3.58. The summed E-state index contributed by atoms with van der Waals surface area (Å²) in [5.74, 6) is -0.379. The van der Waals surface area contributed by atoms with Crippen molar-refractivity contribution in [3.05, 3.63) is 18.1 Å². The molecule has 3 N–H and O–H groups in total. The number of hydrogen-bond acceptors (Lipinski definition) is 6. The average molecular weight is 307 g/mol. The Kier molecular flexibility index (Phi) is 4.26. The number of nitrogens with one attached hydrogen (secondary N) is 1. The van der Waals surface area contributed by atoms with Crippen LogP contribution in [0.15, 0.2) is 12.4 Å². The number of ether oxygens (including phenoxy) is 1. The maximum atomic E-state index is 10.7. The molecule has 0 radical (unpaired) electrons. The summed E-state index contributed by atoms with van der Waals surface area (Å²) in [6.45, 7) is 2.09. The van der Waals surface area contributed by atoms with Crippen LogP contribution < -0.4 is 5.32 Å². The third kappa shape index (κ3) is 2.91. The Labute approximate surface area is 128 Å². The van der Waals surface area contributed by atoms with Gasteiger partial charge in [-0.15, -0.1) is 0 Å². The van der Waals surface area contributed by atoms with Gasteiger partial charge in [0, 0.05) is 31.1 Å². The average Bonchev–Trinajstić information content (AvgIpc) is 2.83. The van der Waals surface area contributed by atoms with Gasteiger partial charge in [0.2, 0.25) is 0 Å². The summed E-state index contributed by atoms with van der Waals surface area (Å²) in [5.41, 5.74) is -0.0590. The summed E-state index contributed by atoms with van der Waals surface area (Å²) in [6, 6.07) is 0. The number of carboxylic acids is 1. The monoisotopic (exact) mass is 307 g/mol. The fourth-order valence-electron chi connectivity index (χ4n) is 3.58. The van der Waals surface area contributed by atoms with Crippen LogP contribution in [-0.2, 0) is 4.74 Å². The van der Waals surface area contributed by atoms with E-state index >= 15 is 0 Å². The van der Waals surface area contributed by atoms with E-state index in [1.54, 1.807) is 0 Å². The lowest BCUT2D eigenvalue weighted by Crippen LogP contribution is -2.40. The standard InChI is InChI=1S/C15H21N3O4/c19-13-10(1-2-15(13)3-5-22-6-4-15)7-17-12-9-16-11(8-18-12)14(20)21/h8-10,13,19H,1-7H2,(H,17,18)(H,20,21).